The van der Waals surface area contributed by atoms with E-state index in [1.54, 1.807) is 0 Å². The standard InChI is InChI=1S/C15H29N3O/c1-12-6-5-9-18(10-12)14(19)17-15(11-16)8-4-3-7-13(15)2/h12-13H,3-11,16H2,1-2H3,(H,17,19). The van der Waals surface area contributed by atoms with E-state index in [1.165, 1.54) is 25.7 Å². The van der Waals surface area contributed by atoms with E-state index >= 15 is 0 Å². The van der Waals surface area contributed by atoms with Gasteiger partial charge in [0.25, 0.3) is 0 Å². The summed E-state index contributed by atoms with van der Waals surface area (Å²) in [5.41, 5.74) is 5.83. The molecule has 2 fully saturated rings. The molecule has 0 bridgehead atoms. The van der Waals surface area contributed by atoms with Crippen LogP contribution in [-0.4, -0.2) is 36.1 Å². The highest BCUT2D eigenvalue weighted by Gasteiger charge is 2.39. The molecule has 0 aromatic rings. The van der Waals surface area contributed by atoms with Gasteiger partial charge >= 0.3 is 6.03 Å². The second kappa shape index (κ2) is 6.12. The molecule has 4 nitrogen and oxygen atoms in total. The largest absolute Gasteiger partial charge is 0.331 e. The molecule has 1 heterocycles. The van der Waals surface area contributed by atoms with Gasteiger partial charge in [-0.05, 0) is 37.5 Å². The molecule has 0 aromatic heterocycles. The van der Waals surface area contributed by atoms with Gasteiger partial charge in [0.05, 0.1) is 5.54 Å². The first kappa shape index (κ1) is 14.6. The zero-order chi connectivity index (χ0) is 13.9. The first-order valence-corrected chi connectivity index (χ1v) is 7.84. The quantitative estimate of drug-likeness (QED) is 0.807. The van der Waals surface area contributed by atoms with Crippen LogP contribution in [0.5, 0.6) is 0 Å². The fourth-order valence-corrected chi connectivity index (χ4v) is 3.62. The van der Waals surface area contributed by atoms with Gasteiger partial charge in [-0.2, -0.15) is 0 Å². The van der Waals surface area contributed by atoms with Gasteiger partial charge in [-0.15, -0.1) is 0 Å². The number of nitrogens with one attached hydrogen (secondary N) is 1. The summed E-state index contributed by atoms with van der Waals surface area (Å²) in [5, 5.41) is 3.28. The molecule has 2 rings (SSSR count). The Balaban J connectivity index is 1.99. The lowest BCUT2D eigenvalue weighted by Gasteiger charge is -2.44. The highest BCUT2D eigenvalue weighted by Crippen LogP contribution is 2.33. The minimum atomic E-state index is -0.171. The predicted molar refractivity (Wildman–Crippen MR) is 77.9 cm³/mol. The van der Waals surface area contributed by atoms with Crippen molar-refractivity contribution < 1.29 is 4.79 Å². The highest BCUT2D eigenvalue weighted by atomic mass is 16.2. The molecule has 1 saturated carbocycles. The fraction of sp³-hybridized carbons (Fsp3) is 0.933. The Kier molecular flexibility index (Phi) is 4.71. The van der Waals surface area contributed by atoms with Crippen molar-refractivity contribution in [3.8, 4) is 0 Å². The van der Waals surface area contributed by atoms with Crippen LogP contribution in [0.25, 0.3) is 0 Å². The van der Waals surface area contributed by atoms with Crippen LogP contribution in [0.4, 0.5) is 4.79 Å². The second-order valence-corrected chi connectivity index (χ2v) is 6.63. The number of hydrogen-bond donors (Lipinski definition) is 2. The number of carbonyl (C=O) groups excluding carboxylic acids is 1. The normalized spacial score (nSPS) is 36.1. The van der Waals surface area contributed by atoms with Gasteiger partial charge in [-0.3, -0.25) is 0 Å². The summed E-state index contributed by atoms with van der Waals surface area (Å²) < 4.78 is 0. The molecule has 1 saturated heterocycles. The van der Waals surface area contributed by atoms with Crippen molar-refractivity contribution in [3.63, 3.8) is 0 Å². The number of rotatable bonds is 2. The SMILES string of the molecule is CC1CCCN(C(=O)NC2(CN)CCCCC2C)C1. The van der Waals surface area contributed by atoms with Crippen LogP contribution < -0.4 is 11.1 Å². The Hall–Kier alpha value is -0.770. The molecular formula is C15H29N3O. The molecule has 0 spiro atoms. The number of carbonyl (C=O) groups is 1. The lowest BCUT2D eigenvalue weighted by atomic mass is 9.73. The van der Waals surface area contributed by atoms with Crippen molar-refractivity contribution in [2.75, 3.05) is 19.6 Å². The Labute approximate surface area is 117 Å². The molecule has 3 N–H and O–H groups in total. The maximum atomic E-state index is 12.5. The van der Waals surface area contributed by atoms with Crippen molar-refractivity contribution >= 4 is 6.03 Å². The highest BCUT2D eigenvalue weighted by molar-refractivity contribution is 5.75. The van der Waals surface area contributed by atoms with Gasteiger partial charge in [0.2, 0.25) is 0 Å². The van der Waals surface area contributed by atoms with E-state index in [0.29, 0.717) is 18.4 Å². The van der Waals surface area contributed by atoms with Crippen molar-refractivity contribution in [1.29, 1.82) is 0 Å². The van der Waals surface area contributed by atoms with Crippen LogP contribution in [0.15, 0.2) is 0 Å². The van der Waals surface area contributed by atoms with Gasteiger partial charge in [0, 0.05) is 19.6 Å². The predicted octanol–water partition coefficient (Wildman–Crippen LogP) is 2.34. The van der Waals surface area contributed by atoms with Gasteiger partial charge in [-0.1, -0.05) is 26.7 Å². The van der Waals surface area contributed by atoms with E-state index in [9.17, 15) is 4.79 Å². The molecule has 2 amide bonds. The molecule has 3 atom stereocenters. The van der Waals surface area contributed by atoms with Gasteiger partial charge < -0.3 is 16.0 Å². The summed E-state index contributed by atoms with van der Waals surface area (Å²) in [6.45, 7) is 6.79. The number of amides is 2. The average Bonchev–Trinajstić information content (AvgIpc) is 2.41. The van der Waals surface area contributed by atoms with E-state index < -0.39 is 0 Å². The molecular weight excluding hydrogens is 238 g/mol. The number of nitrogens with two attached hydrogens (primary N) is 1. The molecule has 1 aliphatic heterocycles. The Bertz CT molecular complexity index is 321. The van der Waals surface area contributed by atoms with Crippen molar-refractivity contribution in [3.05, 3.63) is 0 Å². The van der Waals surface area contributed by atoms with Gasteiger partial charge in [0.15, 0.2) is 0 Å². The third-order valence-electron chi connectivity index (χ3n) is 5.12. The number of piperidine rings is 1. The van der Waals surface area contributed by atoms with E-state index in [1.807, 2.05) is 4.90 Å². The number of likely N-dealkylation sites (tertiary alicyclic amines) is 1. The third kappa shape index (κ3) is 3.22. The van der Waals surface area contributed by atoms with Crippen molar-refractivity contribution in [2.24, 2.45) is 17.6 Å². The third-order valence-corrected chi connectivity index (χ3v) is 5.12. The summed E-state index contributed by atoms with van der Waals surface area (Å²) >= 11 is 0. The molecule has 19 heavy (non-hydrogen) atoms. The summed E-state index contributed by atoms with van der Waals surface area (Å²) in [4.78, 5) is 14.5. The molecule has 1 aliphatic carbocycles. The first-order chi connectivity index (χ1) is 9.07. The first-order valence-electron chi connectivity index (χ1n) is 7.84. The summed E-state index contributed by atoms with van der Waals surface area (Å²) in [6.07, 6.45) is 7.01. The van der Waals surface area contributed by atoms with Crippen LogP contribution in [0.3, 0.4) is 0 Å². The number of urea groups is 1. The maximum Gasteiger partial charge on any atom is 0.317 e. The lowest BCUT2D eigenvalue weighted by Crippen LogP contribution is -2.62. The minimum Gasteiger partial charge on any atom is -0.331 e. The van der Waals surface area contributed by atoms with Crippen LogP contribution in [0.2, 0.25) is 0 Å². The minimum absolute atomic E-state index is 0.103. The van der Waals surface area contributed by atoms with E-state index in [2.05, 4.69) is 19.2 Å². The van der Waals surface area contributed by atoms with Crippen LogP contribution in [0, 0.1) is 11.8 Å². The van der Waals surface area contributed by atoms with Crippen LogP contribution >= 0.6 is 0 Å². The molecule has 2 aliphatic rings. The van der Waals surface area contributed by atoms with E-state index in [4.69, 9.17) is 5.73 Å². The van der Waals surface area contributed by atoms with Gasteiger partial charge in [0.1, 0.15) is 0 Å². The lowest BCUT2D eigenvalue weighted by molar-refractivity contribution is 0.127. The number of nitrogens with zero attached hydrogens (tertiary/aromatic N) is 1. The zero-order valence-electron chi connectivity index (χ0n) is 12.5. The van der Waals surface area contributed by atoms with E-state index in [0.717, 1.165) is 25.9 Å². The molecule has 0 radical (unpaired) electrons. The molecule has 3 unspecified atom stereocenters. The Morgan fingerprint density at radius 3 is 2.74 bits per heavy atom. The van der Waals surface area contributed by atoms with Crippen LogP contribution in [0.1, 0.15) is 52.4 Å². The molecule has 110 valence electrons. The van der Waals surface area contributed by atoms with Crippen molar-refractivity contribution in [2.45, 2.75) is 57.9 Å². The average molecular weight is 267 g/mol. The fourth-order valence-electron chi connectivity index (χ4n) is 3.62. The maximum absolute atomic E-state index is 12.5. The monoisotopic (exact) mass is 267 g/mol. The number of hydrogen-bond acceptors (Lipinski definition) is 2. The summed E-state index contributed by atoms with van der Waals surface area (Å²) in [6, 6.07) is 0.103. The summed E-state index contributed by atoms with van der Waals surface area (Å²) in [5.74, 6) is 1.11. The smallest absolute Gasteiger partial charge is 0.317 e. The Morgan fingerprint density at radius 2 is 2.11 bits per heavy atom. The zero-order valence-corrected chi connectivity index (χ0v) is 12.5. The van der Waals surface area contributed by atoms with Gasteiger partial charge in [-0.25, -0.2) is 4.79 Å². The Morgan fingerprint density at radius 1 is 1.32 bits per heavy atom. The molecule has 4 heteroatoms. The topological polar surface area (TPSA) is 58.4 Å². The van der Waals surface area contributed by atoms with E-state index in [-0.39, 0.29) is 11.6 Å². The summed E-state index contributed by atoms with van der Waals surface area (Å²) in [7, 11) is 0. The second-order valence-electron chi connectivity index (χ2n) is 6.63. The van der Waals surface area contributed by atoms with Crippen LogP contribution in [-0.2, 0) is 0 Å². The van der Waals surface area contributed by atoms with Crippen molar-refractivity contribution in [1.82, 2.24) is 10.2 Å². The molecule has 0 aromatic carbocycles.